The normalized spacial score (nSPS) is 19.5. The molecule has 1 fully saturated rings. The van der Waals surface area contributed by atoms with Crippen LogP contribution in [0, 0.1) is 0 Å². The number of hydrogen-bond donors (Lipinski definition) is 1. The van der Waals surface area contributed by atoms with Gasteiger partial charge in [0.1, 0.15) is 0 Å². The minimum absolute atomic E-state index is 0.268. The largest absolute Gasteiger partial charge is 0.465 e. The fourth-order valence-corrected chi connectivity index (χ4v) is 2.44. The lowest BCUT2D eigenvalue weighted by Gasteiger charge is -2.23. The van der Waals surface area contributed by atoms with E-state index >= 15 is 0 Å². The molecule has 1 unspecified atom stereocenters. The molecule has 3 heteroatoms. The lowest BCUT2D eigenvalue weighted by atomic mass is 9.97. The summed E-state index contributed by atoms with van der Waals surface area (Å²) in [5.74, 6) is -0.268. The third kappa shape index (κ3) is 3.57. The minimum Gasteiger partial charge on any atom is -0.465 e. The van der Waals surface area contributed by atoms with Crippen LogP contribution in [-0.2, 0) is 11.2 Å². The smallest absolute Gasteiger partial charge is 0.337 e. The summed E-state index contributed by atoms with van der Waals surface area (Å²) in [6.45, 7) is 1.16. The highest BCUT2D eigenvalue weighted by Gasteiger charge is 2.12. The second-order valence-electron chi connectivity index (χ2n) is 4.87. The van der Waals surface area contributed by atoms with Crippen LogP contribution in [0.2, 0.25) is 0 Å². The number of methoxy groups -OCH3 is 1. The number of hydrogen-bond acceptors (Lipinski definition) is 3. The molecule has 1 aromatic carbocycles. The number of piperidine rings is 1. The summed E-state index contributed by atoms with van der Waals surface area (Å²) >= 11 is 0. The molecule has 1 aliphatic rings. The first-order chi connectivity index (χ1) is 8.79. The van der Waals surface area contributed by atoms with Crippen molar-refractivity contribution in [3.63, 3.8) is 0 Å². The van der Waals surface area contributed by atoms with Crippen LogP contribution in [0.15, 0.2) is 24.3 Å². The standard InChI is InChI=1S/C15H21NO2/c1-18-15(17)13-8-5-12(6-9-13)7-10-14-4-2-3-11-16-14/h5-6,8-9,14,16H,2-4,7,10-11H2,1H3. The van der Waals surface area contributed by atoms with Crippen LogP contribution in [-0.4, -0.2) is 25.7 Å². The zero-order chi connectivity index (χ0) is 12.8. The highest BCUT2D eigenvalue weighted by Crippen LogP contribution is 2.14. The Morgan fingerprint density at radius 3 is 2.72 bits per heavy atom. The second-order valence-corrected chi connectivity index (χ2v) is 4.87. The van der Waals surface area contributed by atoms with Crippen LogP contribution < -0.4 is 5.32 Å². The molecule has 3 nitrogen and oxygen atoms in total. The van der Waals surface area contributed by atoms with Gasteiger partial charge in [0.2, 0.25) is 0 Å². The molecule has 1 aliphatic heterocycles. The van der Waals surface area contributed by atoms with Crippen LogP contribution in [0.25, 0.3) is 0 Å². The van der Waals surface area contributed by atoms with Crippen molar-refractivity contribution in [2.24, 2.45) is 0 Å². The predicted octanol–water partition coefficient (Wildman–Crippen LogP) is 2.55. The van der Waals surface area contributed by atoms with Gasteiger partial charge in [-0.25, -0.2) is 4.79 Å². The van der Waals surface area contributed by atoms with E-state index in [1.165, 1.54) is 38.4 Å². The number of carbonyl (C=O) groups excluding carboxylic acids is 1. The monoisotopic (exact) mass is 247 g/mol. The lowest BCUT2D eigenvalue weighted by molar-refractivity contribution is 0.0600. The summed E-state index contributed by atoms with van der Waals surface area (Å²) in [5.41, 5.74) is 1.91. The fourth-order valence-electron chi connectivity index (χ4n) is 2.44. The Kier molecular flexibility index (Phi) is 4.76. The van der Waals surface area contributed by atoms with Gasteiger partial charge in [-0.2, -0.15) is 0 Å². The molecule has 0 radical (unpaired) electrons. The highest BCUT2D eigenvalue weighted by atomic mass is 16.5. The molecule has 98 valence electrons. The summed E-state index contributed by atoms with van der Waals surface area (Å²) in [7, 11) is 1.41. The van der Waals surface area contributed by atoms with E-state index in [0.29, 0.717) is 11.6 Å². The van der Waals surface area contributed by atoms with Crippen LogP contribution in [0.4, 0.5) is 0 Å². The van der Waals surface area contributed by atoms with Crippen molar-refractivity contribution in [3.8, 4) is 0 Å². The van der Waals surface area contributed by atoms with Crippen LogP contribution in [0.1, 0.15) is 41.6 Å². The average molecular weight is 247 g/mol. The van der Waals surface area contributed by atoms with Crippen molar-refractivity contribution in [1.82, 2.24) is 5.32 Å². The maximum atomic E-state index is 11.3. The zero-order valence-corrected chi connectivity index (χ0v) is 10.9. The van der Waals surface area contributed by atoms with Crippen molar-refractivity contribution in [2.45, 2.75) is 38.1 Å². The molecule has 0 saturated carbocycles. The minimum atomic E-state index is -0.268. The fraction of sp³-hybridized carbons (Fsp3) is 0.533. The molecule has 1 atom stereocenters. The molecule has 1 N–H and O–H groups in total. The Bertz CT molecular complexity index is 380. The first kappa shape index (κ1) is 13.1. The highest BCUT2D eigenvalue weighted by molar-refractivity contribution is 5.89. The van der Waals surface area contributed by atoms with Crippen LogP contribution in [0.5, 0.6) is 0 Å². The van der Waals surface area contributed by atoms with Gasteiger partial charge < -0.3 is 10.1 Å². The van der Waals surface area contributed by atoms with Gasteiger partial charge in [-0.1, -0.05) is 18.6 Å². The van der Waals surface area contributed by atoms with Crippen LogP contribution in [0.3, 0.4) is 0 Å². The van der Waals surface area contributed by atoms with Crippen molar-refractivity contribution in [1.29, 1.82) is 0 Å². The summed E-state index contributed by atoms with van der Waals surface area (Å²) < 4.78 is 4.68. The molecule has 0 spiro atoms. The van der Waals surface area contributed by atoms with E-state index in [9.17, 15) is 4.79 Å². The Morgan fingerprint density at radius 1 is 1.33 bits per heavy atom. The van der Waals surface area contributed by atoms with Crippen molar-refractivity contribution < 1.29 is 9.53 Å². The predicted molar refractivity (Wildman–Crippen MR) is 71.7 cm³/mol. The SMILES string of the molecule is COC(=O)c1ccc(CCC2CCCCN2)cc1. The molecule has 18 heavy (non-hydrogen) atoms. The van der Waals surface area contributed by atoms with Gasteiger partial charge >= 0.3 is 5.97 Å². The molecule has 1 saturated heterocycles. The lowest BCUT2D eigenvalue weighted by Crippen LogP contribution is -2.34. The van der Waals surface area contributed by atoms with Gasteiger partial charge in [0, 0.05) is 6.04 Å². The summed E-state index contributed by atoms with van der Waals surface area (Å²) in [6.07, 6.45) is 6.19. The zero-order valence-electron chi connectivity index (χ0n) is 10.9. The third-order valence-electron chi connectivity index (χ3n) is 3.57. The van der Waals surface area contributed by atoms with E-state index < -0.39 is 0 Å². The van der Waals surface area contributed by atoms with Gasteiger partial charge in [-0.3, -0.25) is 0 Å². The number of benzene rings is 1. The molecule has 1 heterocycles. The molecule has 0 aromatic heterocycles. The van der Waals surface area contributed by atoms with E-state index in [2.05, 4.69) is 10.1 Å². The molecule has 1 aromatic rings. The molecule has 2 rings (SSSR count). The maximum absolute atomic E-state index is 11.3. The van der Waals surface area contributed by atoms with Crippen molar-refractivity contribution >= 4 is 5.97 Å². The first-order valence-corrected chi connectivity index (χ1v) is 6.70. The summed E-state index contributed by atoms with van der Waals surface area (Å²) in [5, 5.41) is 3.55. The van der Waals surface area contributed by atoms with Crippen molar-refractivity contribution in [3.05, 3.63) is 35.4 Å². The van der Waals surface area contributed by atoms with Gasteiger partial charge in [0.15, 0.2) is 0 Å². The number of aryl methyl sites for hydroxylation is 1. The molecular formula is C15H21NO2. The summed E-state index contributed by atoms with van der Waals surface area (Å²) in [6, 6.07) is 8.40. The average Bonchev–Trinajstić information content (AvgIpc) is 2.46. The van der Waals surface area contributed by atoms with Crippen LogP contribution >= 0.6 is 0 Å². The molecule has 0 bridgehead atoms. The van der Waals surface area contributed by atoms with Gasteiger partial charge in [-0.15, -0.1) is 0 Å². The third-order valence-corrected chi connectivity index (χ3v) is 3.57. The molecular weight excluding hydrogens is 226 g/mol. The number of nitrogens with one attached hydrogen (secondary N) is 1. The second kappa shape index (κ2) is 6.55. The number of rotatable bonds is 4. The Hall–Kier alpha value is -1.35. The molecule has 0 amide bonds. The Morgan fingerprint density at radius 2 is 2.11 bits per heavy atom. The van der Waals surface area contributed by atoms with E-state index in [0.717, 1.165) is 13.0 Å². The van der Waals surface area contributed by atoms with Crippen molar-refractivity contribution in [2.75, 3.05) is 13.7 Å². The van der Waals surface area contributed by atoms with Gasteiger partial charge in [-0.05, 0) is 49.9 Å². The topological polar surface area (TPSA) is 38.3 Å². The molecule has 0 aliphatic carbocycles. The Labute approximate surface area is 109 Å². The van der Waals surface area contributed by atoms with Gasteiger partial charge in [0.25, 0.3) is 0 Å². The quantitative estimate of drug-likeness (QED) is 0.831. The number of ether oxygens (including phenoxy) is 1. The first-order valence-electron chi connectivity index (χ1n) is 6.70. The van der Waals surface area contributed by atoms with E-state index in [1.54, 1.807) is 0 Å². The van der Waals surface area contributed by atoms with E-state index in [1.807, 2.05) is 24.3 Å². The number of esters is 1. The van der Waals surface area contributed by atoms with E-state index in [-0.39, 0.29) is 5.97 Å². The Balaban J connectivity index is 1.84. The summed E-state index contributed by atoms with van der Waals surface area (Å²) in [4.78, 5) is 11.3. The maximum Gasteiger partial charge on any atom is 0.337 e. The number of carbonyl (C=O) groups is 1. The van der Waals surface area contributed by atoms with E-state index in [4.69, 9.17) is 0 Å². The van der Waals surface area contributed by atoms with Gasteiger partial charge in [0.05, 0.1) is 12.7 Å².